The standard InChI is InChI=1S/C18H19N3O4/c1-24-15-8-7-11(9-16(15)25-2)19-17(22)10-14-18(23)21-13-6-4-3-5-12(13)20-14/h3-9,14,20H,10H2,1-2H3,(H,19,22)(H,21,23)/t14-/m1/s1. The first-order valence-electron chi connectivity index (χ1n) is 7.79. The van der Waals surface area contributed by atoms with E-state index in [1.54, 1.807) is 31.4 Å². The quantitative estimate of drug-likeness (QED) is 0.777. The number of benzene rings is 2. The van der Waals surface area contributed by atoms with Gasteiger partial charge in [-0.3, -0.25) is 9.59 Å². The van der Waals surface area contributed by atoms with Crippen LogP contribution in [0.5, 0.6) is 11.5 Å². The smallest absolute Gasteiger partial charge is 0.247 e. The van der Waals surface area contributed by atoms with Crippen molar-refractivity contribution in [3.63, 3.8) is 0 Å². The van der Waals surface area contributed by atoms with Gasteiger partial charge in [-0.2, -0.15) is 0 Å². The zero-order chi connectivity index (χ0) is 17.8. The fraction of sp³-hybridized carbons (Fsp3) is 0.222. The molecule has 1 heterocycles. The predicted molar refractivity (Wildman–Crippen MR) is 95.3 cm³/mol. The van der Waals surface area contributed by atoms with E-state index in [0.29, 0.717) is 22.9 Å². The van der Waals surface area contributed by atoms with Crippen LogP contribution in [0, 0.1) is 0 Å². The molecule has 0 aromatic heterocycles. The van der Waals surface area contributed by atoms with Crippen molar-refractivity contribution in [3.8, 4) is 11.5 Å². The molecule has 3 N–H and O–H groups in total. The van der Waals surface area contributed by atoms with Crippen LogP contribution in [0.2, 0.25) is 0 Å². The van der Waals surface area contributed by atoms with Gasteiger partial charge in [0.05, 0.1) is 32.0 Å². The van der Waals surface area contributed by atoms with E-state index in [9.17, 15) is 9.59 Å². The van der Waals surface area contributed by atoms with Crippen LogP contribution in [0.4, 0.5) is 17.1 Å². The maximum atomic E-state index is 12.3. The molecular formula is C18H19N3O4. The van der Waals surface area contributed by atoms with Crippen LogP contribution >= 0.6 is 0 Å². The Labute approximate surface area is 145 Å². The van der Waals surface area contributed by atoms with Crippen molar-refractivity contribution in [2.24, 2.45) is 0 Å². The monoisotopic (exact) mass is 341 g/mol. The summed E-state index contributed by atoms with van der Waals surface area (Å²) in [6.07, 6.45) is 0.00844. The van der Waals surface area contributed by atoms with Crippen molar-refractivity contribution in [2.75, 3.05) is 30.2 Å². The molecule has 25 heavy (non-hydrogen) atoms. The second kappa shape index (κ2) is 7.12. The van der Waals surface area contributed by atoms with Gasteiger partial charge in [-0.05, 0) is 24.3 Å². The highest BCUT2D eigenvalue weighted by Gasteiger charge is 2.27. The highest BCUT2D eigenvalue weighted by Crippen LogP contribution is 2.30. The average Bonchev–Trinajstić information content (AvgIpc) is 2.62. The Kier molecular flexibility index (Phi) is 4.74. The number of nitrogens with one attached hydrogen (secondary N) is 3. The summed E-state index contributed by atoms with van der Waals surface area (Å²) in [5.74, 6) is 0.577. The third-order valence-electron chi connectivity index (χ3n) is 3.89. The Hall–Kier alpha value is -3.22. The Balaban J connectivity index is 1.66. The molecule has 0 aliphatic carbocycles. The first kappa shape index (κ1) is 16.6. The fourth-order valence-corrected chi connectivity index (χ4v) is 2.65. The molecule has 0 unspecified atom stereocenters. The summed E-state index contributed by atoms with van der Waals surface area (Å²) < 4.78 is 10.4. The molecule has 2 aromatic carbocycles. The molecule has 3 rings (SSSR count). The van der Waals surface area contributed by atoms with Gasteiger partial charge in [-0.1, -0.05) is 12.1 Å². The highest BCUT2D eigenvalue weighted by atomic mass is 16.5. The number of ether oxygens (including phenoxy) is 2. The normalized spacial score (nSPS) is 15.4. The lowest BCUT2D eigenvalue weighted by atomic mass is 10.1. The Bertz CT molecular complexity index is 807. The number of carbonyl (C=O) groups excluding carboxylic acids is 2. The van der Waals surface area contributed by atoms with E-state index in [4.69, 9.17) is 9.47 Å². The summed E-state index contributed by atoms with van der Waals surface area (Å²) >= 11 is 0. The van der Waals surface area contributed by atoms with E-state index >= 15 is 0 Å². The fourth-order valence-electron chi connectivity index (χ4n) is 2.65. The lowest BCUT2D eigenvalue weighted by molar-refractivity contribution is -0.122. The molecule has 1 aliphatic rings. The number of hydrogen-bond acceptors (Lipinski definition) is 5. The van der Waals surface area contributed by atoms with Crippen molar-refractivity contribution in [1.82, 2.24) is 0 Å². The topological polar surface area (TPSA) is 88.7 Å². The summed E-state index contributed by atoms with van der Waals surface area (Å²) in [4.78, 5) is 24.4. The molecule has 0 radical (unpaired) electrons. The lowest BCUT2D eigenvalue weighted by Gasteiger charge is -2.26. The van der Waals surface area contributed by atoms with Gasteiger partial charge in [0.25, 0.3) is 0 Å². The summed E-state index contributed by atoms with van der Waals surface area (Å²) in [6, 6.07) is 11.8. The second-order valence-electron chi connectivity index (χ2n) is 5.55. The van der Waals surface area contributed by atoms with Gasteiger partial charge >= 0.3 is 0 Å². The number of rotatable bonds is 5. The van der Waals surface area contributed by atoms with Gasteiger partial charge in [0, 0.05) is 11.8 Å². The van der Waals surface area contributed by atoms with Crippen molar-refractivity contribution >= 4 is 28.9 Å². The van der Waals surface area contributed by atoms with E-state index < -0.39 is 6.04 Å². The van der Waals surface area contributed by atoms with Gasteiger partial charge < -0.3 is 25.4 Å². The summed E-state index contributed by atoms with van der Waals surface area (Å²) in [6.45, 7) is 0. The molecule has 0 bridgehead atoms. The molecule has 0 spiro atoms. The van der Waals surface area contributed by atoms with Crippen molar-refractivity contribution in [1.29, 1.82) is 0 Å². The van der Waals surface area contributed by atoms with E-state index in [2.05, 4.69) is 16.0 Å². The van der Waals surface area contributed by atoms with Crippen molar-refractivity contribution in [2.45, 2.75) is 12.5 Å². The molecule has 0 saturated heterocycles. The second-order valence-corrected chi connectivity index (χ2v) is 5.55. The maximum absolute atomic E-state index is 12.3. The summed E-state index contributed by atoms with van der Waals surface area (Å²) in [5.41, 5.74) is 2.08. The third-order valence-corrected chi connectivity index (χ3v) is 3.89. The van der Waals surface area contributed by atoms with Crippen molar-refractivity contribution < 1.29 is 19.1 Å². The van der Waals surface area contributed by atoms with Crippen LogP contribution in [0.25, 0.3) is 0 Å². The Morgan fingerprint density at radius 1 is 1.08 bits per heavy atom. The first-order valence-corrected chi connectivity index (χ1v) is 7.79. The molecule has 2 aromatic rings. The maximum Gasteiger partial charge on any atom is 0.247 e. The van der Waals surface area contributed by atoms with Crippen LogP contribution in [0.15, 0.2) is 42.5 Å². The number of para-hydroxylation sites is 2. The zero-order valence-electron chi connectivity index (χ0n) is 14.0. The molecular weight excluding hydrogens is 322 g/mol. The van der Waals surface area contributed by atoms with Crippen LogP contribution in [-0.4, -0.2) is 32.1 Å². The van der Waals surface area contributed by atoms with Crippen LogP contribution < -0.4 is 25.4 Å². The number of hydrogen-bond donors (Lipinski definition) is 3. The third kappa shape index (κ3) is 3.65. The SMILES string of the molecule is COc1ccc(NC(=O)C[C@H]2Nc3ccccc3NC2=O)cc1OC. The molecule has 1 atom stereocenters. The van der Waals surface area contributed by atoms with E-state index in [0.717, 1.165) is 5.69 Å². The van der Waals surface area contributed by atoms with Crippen LogP contribution in [0.3, 0.4) is 0 Å². The highest BCUT2D eigenvalue weighted by molar-refractivity contribution is 6.06. The molecule has 1 aliphatic heterocycles. The van der Waals surface area contributed by atoms with E-state index in [1.165, 1.54) is 7.11 Å². The van der Waals surface area contributed by atoms with E-state index in [-0.39, 0.29) is 18.2 Å². The minimum atomic E-state index is -0.630. The van der Waals surface area contributed by atoms with Gasteiger partial charge in [0.1, 0.15) is 6.04 Å². The average molecular weight is 341 g/mol. The Morgan fingerprint density at radius 3 is 2.52 bits per heavy atom. The largest absolute Gasteiger partial charge is 0.493 e. The van der Waals surface area contributed by atoms with Crippen molar-refractivity contribution in [3.05, 3.63) is 42.5 Å². The van der Waals surface area contributed by atoms with Crippen LogP contribution in [0.1, 0.15) is 6.42 Å². The molecule has 0 fully saturated rings. The molecule has 0 saturated carbocycles. The first-order chi connectivity index (χ1) is 12.1. The van der Waals surface area contributed by atoms with Gasteiger partial charge in [0.15, 0.2) is 11.5 Å². The lowest BCUT2D eigenvalue weighted by Crippen LogP contribution is -2.41. The number of methoxy groups -OCH3 is 2. The number of carbonyl (C=O) groups is 2. The van der Waals surface area contributed by atoms with Crippen LogP contribution in [-0.2, 0) is 9.59 Å². The molecule has 2 amide bonds. The number of amides is 2. The predicted octanol–water partition coefficient (Wildman–Crippen LogP) is 2.47. The number of anilines is 3. The zero-order valence-corrected chi connectivity index (χ0v) is 14.0. The Morgan fingerprint density at radius 2 is 1.80 bits per heavy atom. The molecule has 7 nitrogen and oxygen atoms in total. The van der Waals surface area contributed by atoms with Gasteiger partial charge in [0.2, 0.25) is 11.8 Å². The van der Waals surface area contributed by atoms with E-state index in [1.807, 2.05) is 18.2 Å². The minimum Gasteiger partial charge on any atom is -0.493 e. The molecule has 7 heteroatoms. The van der Waals surface area contributed by atoms with Gasteiger partial charge in [-0.25, -0.2) is 0 Å². The summed E-state index contributed by atoms with van der Waals surface area (Å²) in [7, 11) is 3.07. The number of fused-ring (bicyclic) bond motifs is 1. The van der Waals surface area contributed by atoms with Gasteiger partial charge in [-0.15, -0.1) is 0 Å². The molecule has 130 valence electrons. The minimum absolute atomic E-state index is 0.00844. The summed E-state index contributed by atoms with van der Waals surface area (Å²) in [5, 5.41) is 8.65.